The summed E-state index contributed by atoms with van der Waals surface area (Å²) in [5.41, 5.74) is 0. The van der Waals surface area contributed by atoms with E-state index in [2.05, 4.69) is 0 Å². The van der Waals surface area contributed by atoms with Crippen LogP contribution in [0, 0.1) is 5.92 Å². The molecule has 2 atom stereocenters. The highest BCUT2D eigenvalue weighted by atomic mass is 16.3. The summed E-state index contributed by atoms with van der Waals surface area (Å²) in [5.74, 6) is 0.148. The normalized spacial score (nSPS) is 18.8. The fourth-order valence-corrected chi connectivity index (χ4v) is 0.557. The van der Waals surface area contributed by atoms with Gasteiger partial charge in [0.1, 0.15) is 0 Å². The van der Waals surface area contributed by atoms with Gasteiger partial charge < -0.3 is 10.2 Å². The quantitative estimate of drug-likeness (QED) is 0.550. The van der Waals surface area contributed by atoms with Crippen LogP contribution >= 0.6 is 0 Å². The SMILES string of the molecule is CC(C)[C@H](O)C(C)O. The van der Waals surface area contributed by atoms with Crippen molar-refractivity contribution in [3.8, 4) is 0 Å². The third-order valence-corrected chi connectivity index (χ3v) is 1.18. The smallest absolute Gasteiger partial charge is 0.0819 e. The van der Waals surface area contributed by atoms with E-state index in [-0.39, 0.29) is 5.92 Å². The Hall–Kier alpha value is -0.0800. The summed E-state index contributed by atoms with van der Waals surface area (Å²) < 4.78 is 0. The summed E-state index contributed by atoms with van der Waals surface area (Å²) >= 11 is 0. The molecule has 2 N–H and O–H groups in total. The second-order valence-corrected chi connectivity index (χ2v) is 2.48. The van der Waals surface area contributed by atoms with Crippen LogP contribution in [0.3, 0.4) is 0 Å². The van der Waals surface area contributed by atoms with Crippen molar-refractivity contribution >= 4 is 0 Å². The maximum Gasteiger partial charge on any atom is 0.0819 e. The highest BCUT2D eigenvalue weighted by Gasteiger charge is 2.13. The molecule has 0 aliphatic carbocycles. The van der Waals surface area contributed by atoms with Gasteiger partial charge >= 0.3 is 0 Å². The second kappa shape index (κ2) is 3.05. The van der Waals surface area contributed by atoms with E-state index in [1.54, 1.807) is 6.92 Å². The lowest BCUT2D eigenvalue weighted by Gasteiger charge is -2.16. The lowest BCUT2D eigenvalue weighted by molar-refractivity contribution is 0.00273. The van der Waals surface area contributed by atoms with E-state index in [0.717, 1.165) is 0 Å². The van der Waals surface area contributed by atoms with Gasteiger partial charge in [0.2, 0.25) is 0 Å². The predicted molar refractivity (Wildman–Crippen MR) is 32.5 cm³/mol. The van der Waals surface area contributed by atoms with Crippen molar-refractivity contribution in [3.63, 3.8) is 0 Å². The standard InChI is InChI=1S/C6H14O2/c1-4(2)6(8)5(3)7/h4-8H,1-3H3/t5?,6-/m0/s1. The first-order valence-electron chi connectivity index (χ1n) is 2.92. The van der Waals surface area contributed by atoms with Crippen LogP contribution in [0.2, 0.25) is 0 Å². The van der Waals surface area contributed by atoms with Crippen LogP contribution in [0.5, 0.6) is 0 Å². The Morgan fingerprint density at radius 1 is 1.00 bits per heavy atom. The van der Waals surface area contributed by atoms with Crippen LogP contribution in [0.4, 0.5) is 0 Å². The van der Waals surface area contributed by atoms with Gasteiger partial charge in [-0.25, -0.2) is 0 Å². The maximum atomic E-state index is 8.95. The van der Waals surface area contributed by atoms with E-state index in [4.69, 9.17) is 10.2 Å². The molecule has 0 aromatic rings. The van der Waals surface area contributed by atoms with Gasteiger partial charge in [-0.3, -0.25) is 0 Å². The minimum Gasteiger partial charge on any atom is -0.391 e. The summed E-state index contributed by atoms with van der Waals surface area (Å²) in [6, 6.07) is 0. The fraction of sp³-hybridized carbons (Fsp3) is 1.00. The zero-order chi connectivity index (χ0) is 6.73. The molecule has 0 fully saturated rings. The van der Waals surface area contributed by atoms with Gasteiger partial charge in [-0.05, 0) is 12.8 Å². The van der Waals surface area contributed by atoms with E-state index in [1.807, 2.05) is 13.8 Å². The number of aliphatic hydroxyl groups excluding tert-OH is 2. The summed E-state index contributed by atoms with van der Waals surface area (Å²) in [6.45, 7) is 5.33. The van der Waals surface area contributed by atoms with Crippen LogP contribution in [-0.4, -0.2) is 22.4 Å². The Kier molecular flexibility index (Phi) is 3.02. The molecule has 0 radical (unpaired) electrons. The lowest BCUT2D eigenvalue weighted by Crippen LogP contribution is -2.27. The molecule has 0 heterocycles. The molecule has 0 saturated carbocycles. The number of hydrogen-bond acceptors (Lipinski definition) is 2. The molecule has 0 spiro atoms. The molecule has 0 rings (SSSR count). The largest absolute Gasteiger partial charge is 0.391 e. The minimum atomic E-state index is -0.602. The first-order valence-corrected chi connectivity index (χ1v) is 2.92. The molecule has 0 bridgehead atoms. The van der Waals surface area contributed by atoms with Crippen molar-refractivity contribution in [1.82, 2.24) is 0 Å². The Labute approximate surface area is 50.2 Å². The highest BCUT2D eigenvalue weighted by Crippen LogP contribution is 2.04. The second-order valence-electron chi connectivity index (χ2n) is 2.48. The van der Waals surface area contributed by atoms with Crippen LogP contribution in [0.15, 0.2) is 0 Å². The van der Waals surface area contributed by atoms with Gasteiger partial charge in [-0.2, -0.15) is 0 Å². The van der Waals surface area contributed by atoms with Gasteiger partial charge in [0.25, 0.3) is 0 Å². The lowest BCUT2D eigenvalue weighted by atomic mass is 10.0. The third-order valence-electron chi connectivity index (χ3n) is 1.18. The van der Waals surface area contributed by atoms with Crippen molar-refractivity contribution in [2.75, 3.05) is 0 Å². The maximum absolute atomic E-state index is 8.95. The molecule has 0 aromatic carbocycles. The average molecular weight is 118 g/mol. The van der Waals surface area contributed by atoms with Crippen molar-refractivity contribution < 1.29 is 10.2 Å². The third kappa shape index (κ3) is 2.28. The molecule has 0 aromatic heterocycles. The van der Waals surface area contributed by atoms with Crippen LogP contribution in [-0.2, 0) is 0 Å². The highest BCUT2D eigenvalue weighted by molar-refractivity contribution is 4.64. The Morgan fingerprint density at radius 3 is 1.38 bits per heavy atom. The van der Waals surface area contributed by atoms with Gasteiger partial charge in [0.05, 0.1) is 12.2 Å². The predicted octanol–water partition coefficient (Wildman–Crippen LogP) is 0.384. The number of aliphatic hydroxyl groups is 2. The summed E-state index contributed by atoms with van der Waals surface area (Å²) in [7, 11) is 0. The average Bonchev–Trinajstić information content (AvgIpc) is 1.64. The minimum absolute atomic E-state index is 0.148. The molecule has 2 nitrogen and oxygen atoms in total. The van der Waals surface area contributed by atoms with Gasteiger partial charge in [0, 0.05) is 0 Å². The van der Waals surface area contributed by atoms with E-state index in [1.165, 1.54) is 0 Å². The summed E-state index contributed by atoms with van der Waals surface area (Å²) in [5, 5.41) is 17.7. The molecule has 2 heteroatoms. The molecule has 50 valence electrons. The van der Waals surface area contributed by atoms with Crippen molar-refractivity contribution in [1.29, 1.82) is 0 Å². The summed E-state index contributed by atoms with van der Waals surface area (Å²) in [6.07, 6.45) is -1.18. The topological polar surface area (TPSA) is 40.5 Å². The molecular weight excluding hydrogens is 104 g/mol. The number of rotatable bonds is 2. The molecule has 0 aliphatic heterocycles. The molecule has 0 amide bonds. The molecular formula is C6H14O2. The van der Waals surface area contributed by atoms with Gasteiger partial charge in [-0.15, -0.1) is 0 Å². The van der Waals surface area contributed by atoms with E-state index in [0.29, 0.717) is 0 Å². The first kappa shape index (κ1) is 7.92. The summed E-state index contributed by atoms with van der Waals surface area (Å²) in [4.78, 5) is 0. The van der Waals surface area contributed by atoms with Crippen LogP contribution < -0.4 is 0 Å². The fourth-order valence-electron chi connectivity index (χ4n) is 0.557. The van der Waals surface area contributed by atoms with Crippen molar-refractivity contribution in [2.45, 2.75) is 33.0 Å². The molecule has 1 unspecified atom stereocenters. The molecule has 8 heavy (non-hydrogen) atoms. The Balaban J connectivity index is 3.46. The first-order chi connectivity index (χ1) is 3.55. The Morgan fingerprint density at radius 2 is 1.38 bits per heavy atom. The van der Waals surface area contributed by atoms with Crippen molar-refractivity contribution in [3.05, 3.63) is 0 Å². The van der Waals surface area contributed by atoms with E-state index < -0.39 is 12.2 Å². The van der Waals surface area contributed by atoms with Gasteiger partial charge in [0.15, 0.2) is 0 Å². The zero-order valence-electron chi connectivity index (χ0n) is 5.63. The van der Waals surface area contributed by atoms with Gasteiger partial charge in [-0.1, -0.05) is 13.8 Å². The Bertz CT molecular complexity index is 51.5. The van der Waals surface area contributed by atoms with E-state index in [9.17, 15) is 0 Å². The van der Waals surface area contributed by atoms with Crippen LogP contribution in [0.25, 0.3) is 0 Å². The van der Waals surface area contributed by atoms with E-state index >= 15 is 0 Å². The monoisotopic (exact) mass is 118 g/mol. The van der Waals surface area contributed by atoms with Crippen molar-refractivity contribution in [2.24, 2.45) is 5.92 Å². The number of hydrogen-bond donors (Lipinski definition) is 2. The zero-order valence-corrected chi connectivity index (χ0v) is 5.63. The molecule has 0 aliphatic rings. The van der Waals surface area contributed by atoms with Crippen LogP contribution in [0.1, 0.15) is 20.8 Å². The molecule has 0 saturated heterocycles.